The van der Waals surface area contributed by atoms with Crippen molar-refractivity contribution in [3.8, 4) is 0 Å². The van der Waals surface area contributed by atoms with Crippen molar-refractivity contribution in [3.05, 3.63) is 29.6 Å². The number of hydrogen-bond donors (Lipinski definition) is 2. The summed E-state index contributed by atoms with van der Waals surface area (Å²) in [7, 11) is 0. The first-order valence-electron chi connectivity index (χ1n) is 6.01. The summed E-state index contributed by atoms with van der Waals surface area (Å²) in [5, 5.41) is 12.0. The molecule has 2 rings (SSSR count). The highest BCUT2D eigenvalue weighted by Gasteiger charge is 2.16. The van der Waals surface area contributed by atoms with Gasteiger partial charge in [0.1, 0.15) is 5.82 Å². The number of carboxylic acids is 1. The number of anilines is 1. The van der Waals surface area contributed by atoms with E-state index in [-0.39, 0.29) is 5.56 Å². The lowest BCUT2D eigenvalue weighted by molar-refractivity contribution is 0.0697. The third-order valence-electron chi connectivity index (χ3n) is 3.10. The summed E-state index contributed by atoms with van der Waals surface area (Å²) in [4.78, 5) is 11.0. The molecule has 1 atom stereocenters. The Morgan fingerprint density at radius 1 is 1.56 bits per heavy atom. The zero-order valence-corrected chi connectivity index (χ0v) is 9.99. The molecule has 1 unspecified atom stereocenters. The van der Waals surface area contributed by atoms with Crippen molar-refractivity contribution in [2.75, 3.05) is 25.1 Å². The largest absolute Gasteiger partial charge is 0.478 e. The lowest BCUT2D eigenvalue weighted by Crippen LogP contribution is -2.12. The molecule has 5 heteroatoms. The molecular weight excluding hydrogens is 237 g/mol. The van der Waals surface area contributed by atoms with E-state index >= 15 is 0 Å². The van der Waals surface area contributed by atoms with E-state index in [9.17, 15) is 9.18 Å². The van der Waals surface area contributed by atoms with Crippen LogP contribution >= 0.6 is 0 Å². The van der Waals surface area contributed by atoms with Crippen LogP contribution in [0.25, 0.3) is 0 Å². The zero-order chi connectivity index (χ0) is 13.0. The summed E-state index contributed by atoms with van der Waals surface area (Å²) in [5.41, 5.74) is 0.431. The molecule has 98 valence electrons. The SMILES string of the molecule is O=C(O)c1cc(F)ccc1NCCC1CCOC1. The van der Waals surface area contributed by atoms with Crippen LogP contribution in [0.2, 0.25) is 0 Å². The standard InChI is InChI=1S/C13H16FNO3/c14-10-1-2-12(11(7-10)13(16)17)15-5-3-9-4-6-18-8-9/h1-2,7,9,15H,3-6,8H2,(H,16,17). The first-order chi connectivity index (χ1) is 8.66. The summed E-state index contributed by atoms with van der Waals surface area (Å²) in [6.07, 6.45) is 1.98. The van der Waals surface area contributed by atoms with E-state index in [4.69, 9.17) is 9.84 Å². The van der Waals surface area contributed by atoms with E-state index in [0.717, 1.165) is 32.1 Å². The first-order valence-corrected chi connectivity index (χ1v) is 6.01. The molecule has 0 aliphatic carbocycles. The molecule has 1 aromatic rings. The molecule has 0 aromatic heterocycles. The van der Waals surface area contributed by atoms with E-state index < -0.39 is 11.8 Å². The van der Waals surface area contributed by atoms with Crippen LogP contribution in [0, 0.1) is 11.7 Å². The fourth-order valence-corrected chi connectivity index (χ4v) is 2.07. The van der Waals surface area contributed by atoms with E-state index in [1.807, 2.05) is 0 Å². The van der Waals surface area contributed by atoms with E-state index in [0.29, 0.717) is 18.2 Å². The Kier molecular flexibility index (Phi) is 4.15. The van der Waals surface area contributed by atoms with Crippen molar-refractivity contribution in [1.82, 2.24) is 0 Å². The molecule has 0 saturated carbocycles. The lowest BCUT2D eigenvalue weighted by atomic mass is 10.1. The average molecular weight is 253 g/mol. The number of carbonyl (C=O) groups is 1. The van der Waals surface area contributed by atoms with Crippen molar-refractivity contribution in [1.29, 1.82) is 0 Å². The Morgan fingerprint density at radius 2 is 2.39 bits per heavy atom. The minimum absolute atomic E-state index is 0.0299. The van der Waals surface area contributed by atoms with Crippen molar-refractivity contribution in [2.45, 2.75) is 12.8 Å². The Balaban J connectivity index is 1.93. The molecule has 1 heterocycles. The highest BCUT2D eigenvalue weighted by atomic mass is 19.1. The van der Waals surface area contributed by atoms with Gasteiger partial charge in [-0.1, -0.05) is 0 Å². The molecule has 0 amide bonds. The summed E-state index contributed by atoms with van der Waals surface area (Å²) in [6.45, 7) is 2.25. The summed E-state index contributed by atoms with van der Waals surface area (Å²) in [6, 6.07) is 3.75. The molecule has 0 radical (unpaired) electrons. The van der Waals surface area contributed by atoms with Crippen LogP contribution < -0.4 is 5.32 Å². The maximum absolute atomic E-state index is 13.0. The zero-order valence-electron chi connectivity index (χ0n) is 9.99. The van der Waals surface area contributed by atoms with Crippen LogP contribution in [0.4, 0.5) is 10.1 Å². The molecule has 1 aliphatic heterocycles. The van der Waals surface area contributed by atoms with Gasteiger partial charge in [0.25, 0.3) is 0 Å². The fraction of sp³-hybridized carbons (Fsp3) is 0.462. The summed E-state index contributed by atoms with van der Waals surface area (Å²) >= 11 is 0. The van der Waals surface area contributed by atoms with Crippen LogP contribution in [0.1, 0.15) is 23.2 Å². The fourth-order valence-electron chi connectivity index (χ4n) is 2.07. The van der Waals surface area contributed by atoms with Gasteiger partial charge >= 0.3 is 5.97 Å². The van der Waals surface area contributed by atoms with Gasteiger partial charge in [0.15, 0.2) is 0 Å². The Hall–Kier alpha value is -1.62. The number of aromatic carboxylic acids is 1. The summed E-state index contributed by atoms with van der Waals surface area (Å²) in [5.74, 6) is -1.13. The molecule has 18 heavy (non-hydrogen) atoms. The average Bonchev–Trinajstić information content (AvgIpc) is 2.84. The molecule has 4 nitrogen and oxygen atoms in total. The number of benzene rings is 1. The second-order valence-electron chi connectivity index (χ2n) is 4.44. The first kappa shape index (κ1) is 12.8. The van der Waals surface area contributed by atoms with Crippen LogP contribution in [-0.4, -0.2) is 30.8 Å². The van der Waals surface area contributed by atoms with Crippen LogP contribution in [0.5, 0.6) is 0 Å². The van der Waals surface area contributed by atoms with Crippen molar-refractivity contribution < 1.29 is 19.0 Å². The Morgan fingerprint density at radius 3 is 3.06 bits per heavy atom. The normalized spacial score (nSPS) is 18.8. The van der Waals surface area contributed by atoms with Gasteiger partial charge in [0.2, 0.25) is 0 Å². The minimum atomic E-state index is -1.12. The highest BCUT2D eigenvalue weighted by molar-refractivity contribution is 5.94. The smallest absolute Gasteiger partial charge is 0.337 e. The predicted octanol–water partition coefficient (Wildman–Crippen LogP) is 2.36. The van der Waals surface area contributed by atoms with Gasteiger partial charge < -0.3 is 15.2 Å². The van der Waals surface area contributed by atoms with Gasteiger partial charge in [0.05, 0.1) is 5.56 Å². The number of carboxylic acid groups (broad SMARTS) is 1. The van der Waals surface area contributed by atoms with Crippen LogP contribution in [0.15, 0.2) is 18.2 Å². The minimum Gasteiger partial charge on any atom is -0.478 e. The van der Waals surface area contributed by atoms with Crippen LogP contribution in [-0.2, 0) is 4.74 Å². The van der Waals surface area contributed by atoms with E-state index in [1.165, 1.54) is 12.1 Å². The van der Waals surface area contributed by atoms with E-state index in [2.05, 4.69) is 5.32 Å². The predicted molar refractivity (Wildman–Crippen MR) is 65.4 cm³/mol. The monoisotopic (exact) mass is 253 g/mol. The van der Waals surface area contributed by atoms with Gasteiger partial charge in [-0.3, -0.25) is 0 Å². The molecule has 0 spiro atoms. The Labute approximate surface area is 105 Å². The molecule has 1 aliphatic rings. The van der Waals surface area contributed by atoms with Gasteiger partial charge in [-0.25, -0.2) is 9.18 Å². The molecule has 1 saturated heterocycles. The highest BCUT2D eigenvalue weighted by Crippen LogP contribution is 2.19. The number of nitrogens with one attached hydrogen (secondary N) is 1. The van der Waals surface area contributed by atoms with E-state index in [1.54, 1.807) is 0 Å². The van der Waals surface area contributed by atoms with Gasteiger partial charge in [-0.05, 0) is 37.0 Å². The second kappa shape index (κ2) is 5.82. The van der Waals surface area contributed by atoms with Crippen LogP contribution in [0.3, 0.4) is 0 Å². The molecular formula is C13H16FNO3. The maximum atomic E-state index is 13.0. The third kappa shape index (κ3) is 3.20. The maximum Gasteiger partial charge on any atom is 0.337 e. The molecule has 1 aromatic carbocycles. The van der Waals surface area contributed by atoms with Crippen molar-refractivity contribution >= 4 is 11.7 Å². The Bertz CT molecular complexity index is 430. The molecule has 2 N–H and O–H groups in total. The topological polar surface area (TPSA) is 58.6 Å². The van der Waals surface area contributed by atoms with Crippen molar-refractivity contribution in [3.63, 3.8) is 0 Å². The summed E-state index contributed by atoms with van der Waals surface area (Å²) < 4.78 is 18.2. The van der Waals surface area contributed by atoms with Gasteiger partial charge in [0, 0.05) is 25.4 Å². The number of halogens is 1. The van der Waals surface area contributed by atoms with Gasteiger partial charge in [-0.2, -0.15) is 0 Å². The molecule has 0 bridgehead atoms. The third-order valence-corrected chi connectivity index (χ3v) is 3.10. The molecule has 1 fully saturated rings. The number of ether oxygens (including phenoxy) is 1. The number of hydrogen-bond acceptors (Lipinski definition) is 3. The van der Waals surface area contributed by atoms with Gasteiger partial charge in [-0.15, -0.1) is 0 Å². The second-order valence-corrected chi connectivity index (χ2v) is 4.44. The van der Waals surface area contributed by atoms with Crippen molar-refractivity contribution in [2.24, 2.45) is 5.92 Å². The quantitative estimate of drug-likeness (QED) is 0.845. The lowest BCUT2D eigenvalue weighted by Gasteiger charge is -2.11. The number of rotatable bonds is 5.